The monoisotopic (exact) mass is 207 g/mol. The van der Waals surface area contributed by atoms with E-state index in [1.165, 1.54) is 0 Å². The van der Waals surface area contributed by atoms with Gasteiger partial charge >= 0.3 is 0 Å². The van der Waals surface area contributed by atoms with Gasteiger partial charge in [0, 0.05) is 11.4 Å². The molecule has 1 aromatic carbocycles. The van der Waals surface area contributed by atoms with Gasteiger partial charge in [0.25, 0.3) is 0 Å². The van der Waals surface area contributed by atoms with Crippen LogP contribution in [0.15, 0.2) is 24.3 Å². The zero-order valence-electron chi connectivity index (χ0n) is 7.39. The predicted octanol–water partition coefficient (Wildman–Crippen LogP) is 1.69. The van der Waals surface area contributed by atoms with Crippen molar-refractivity contribution in [1.82, 2.24) is 20.2 Å². The Morgan fingerprint density at radius 2 is 2.29 bits per heavy atom. The summed E-state index contributed by atoms with van der Waals surface area (Å²) in [5.41, 5.74) is 0.848. The lowest BCUT2D eigenvalue weighted by molar-refractivity contribution is 0.772. The predicted molar refractivity (Wildman–Crippen MR) is 53.2 cm³/mol. The number of halogens is 1. The van der Waals surface area contributed by atoms with Crippen LogP contribution < -0.4 is 0 Å². The highest BCUT2D eigenvalue weighted by molar-refractivity contribution is 6.30. The van der Waals surface area contributed by atoms with Crippen molar-refractivity contribution in [3.05, 3.63) is 42.0 Å². The van der Waals surface area contributed by atoms with Crippen LogP contribution in [0.25, 0.3) is 5.69 Å². The fourth-order valence-electron chi connectivity index (χ4n) is 1.17. The lowest BCUT2D eigenvalue weighted by Gasteiger charge is -2.02. The first-order valence-electron chi connectivity index (χ1n) is 4.13. The van der Waals surface area contributed by atoms with Gasteiger partial charge in [-0.3, -0.25) is 0 Å². The highest BCUT2D eigenvalue weighted by atomic mass is 35.5. The van der Waals surface area contributed by atoms with E-state index in [-0.39, 0.29) is 0 Å². The highest BCUT2D eigenvalue weighted by Crippen LogP contribution is 2.14. The van der Waals surface area contributed by atoms with E-state index in [1.54, 1.807) is 16.8 Å². The van der Waals surface area contributed by atoms with Crippen molar-refractivity contribution >= 4 is 11.6 Å². The lowest BCUT2D eigenvalue weighted by Crippen LogP contribution is -2.01. The molecule has 1 radical (unpaired) electrons. The molecule has 0 aliphatic heterocycles. The zero-order valence-corrected chi connectivity index (χ0v) is 8.15. The van der Waals surface area contributed by atoms with Crippen molar-refractivity contribution in [2.75, 3.05) is 0 Å². The molecule has 0 fully saturated rings. The summed E-state index contributed by atoms with van der Waals surface area (Å²) in [4.78, 5) is 0. The van der Waals surface area contributed by atoms with Crippen LogP contribution in [0.5, 0.6) is 0 Å². The molecule has 0 amide bonds. The second-order valence-electron chi connectivity index (χ2n) is 2.74. The number of hydrogen-bond donors (Lipinski definition) is 0. The summed E-state index contributed by atoms with van der Waals surface area (Å²) in [5, 5.41) is 11.9. The molecular formula is C9H8ClN4. The van der Waals surface area contributed by atoms with Crippen molar-refractivity contribution in [2.24, 2.45) is 0 Å². The van der Waals surface area contributed by atoms with Crippen LogP contribution in [-0.2, 0) is 6.42 Å². The molecule has 5 heteroatoms. The molecule has 4 nitrogen and oxygen atoms in total. The first-order chi connectivity index (χ1) is 6.81. The van der Waals surface area contributed by atoms with E-state index >= 15 is 0 Å². The minimum absolute atomic E-state index is 0.541. The highest BCUT2D eigenvalue weighted by Gasteiger charge is 2.05. The summed E-state index contributed by atoms with van der Waals surface area (Å²) in [5.74, 6) is 0.715. The molecule has 0 spiro atoms. The van der Waals surface area contributed by atoms with E-state index in [0.29, 0.717) is 17.3 Å². The Hall–Kier alpha value is -1.42. The standard InChI is InChI=1S/C9H8ClN4/c1-2-9-11-12-13-14(9)8-5-3-4-7(10)6-8/h3-6H,1-2H2. The van der Waals surface area contributed by atoms with Gasteiger partial charge in [-0.05, 0) is 35.5 Å². The maximum atomic E-state index is 5.86. The molecular weight excluding hydrogens is 200 g/mol. The number of tetrazole rings is 1. The summed E-state index contributed by atoms with van der Waals surface area (Å²) in [6.07, 6.45) is 0.541. The van der Waals surface area contributed by atoms with E-state index < -0.39 is 0 Å². The molecule has 1 aromatic heterocycles. The second-order valence-corrected chi connectivity index (χ2v) is 3.17. The van der Waals surface area contributed by atoms with Crippen LogP contribution in [0, 0.1) is 6.92 Å². The van der Waals surface area contributed by atoms with Gasteiger partial charge in [-0.25, -0.2) is 0 Å². The Morgan fingerprint density at radius 1 is 1.43 bits per heavy atom. The Kier molecular flexibility index (Phi) is 2.45. The van der Waals surface area contributed by atoms with Crippen LogP contribution in [0.3, 0.4) is 0 Å². The van der Waals surface area contributed by atoms with Gasteiger partial charge in [0.15, 0.2) is 5.82 Å². The number of hydrogen-bond acceptors (Lipinski definition) is 3. The Balaban J connectivity index is 2.49. The third-order valence-corrected chi connectivity index (χ3v) is 2.05. The van der Waals surface area contributed by atoms with Crippen molar-refractivity contribution < 1.29 is 0 Å². The number of nitrogens with zero attached hydrogens (tertiary/aromatic N) is 4. The van der Waals surface area contributed by atoms with E-state index in [2.05, 4.69) is 22.4 Å². The molecule has 1 heterocycles. The summed E-state index contributed by atoms with van der Waals surface area (Å²) in [6, 6.07) is 7.35. The molecule has 0 bridgehead atoms. The van der Waals surface area contributed by atoms with Gasteiger partial charge in [0.2, 0.25) is 0 Å². The number of benzene rings is 1. The van der Waals surface area contributed by atoms with Crippen molar-refractivity contribution in [1.29, 1.82) is 0 Å². The minimum atomic E-state index is 0.541. The van der Waals surface area contributed by atoms with Gasteiger partial charge in [0.05, 0.1) is 5.69 Å². The minimum Gasteiger partial charge on any atom is -0.197 e. The van der Waals surface area contributed by atoms with Crippen LogP contribution in [0.1, 0.15) is 5.82 Å². The zero-order chi connectivity index (χ0) is 9.97. The molecule has 0 aliphatic rings. The third-order valence-electron chi connectivity index (χ3n) is 1.81. The topological polar surface area (TPSA) is 43.6 Å². The summed E-state index contributed by atoms with van der Waals surface area (Å²) >= 11 is 5.86. The fraction of sp³-hybridized carbons (Fsp3) is 0.111. The summed E-state index contributed by atoms with van der Waals surface area (Å²) in [6.45, 7) is 3.74. The van der Waals surface area contributed by atoms with Gasteiger partial charge in [-0.2, -0.15) is 4.68 Å². The van der Waals surface area contributed by atoms with Crippen molar-refractivity contribution in [3.63, 3.8) is 0 Å². The molecule has 0 atom stereocenters. The normalized spacial score (nSPS) is 10.4. The molecule has 2 rings (SSSR count). The maximum Gasteiger partial charge on any atom is 0.156 e. The van der Waals surface area contributed by atoms with E-state index in [4.69, 9.17) is 11.6 Å². The van der Waals surface area contributed by atoms with Gasteiger partial charge < -0.3 is 0 Å². The number of rotatable bonds is 2. The fourth-order valence-corrected chi connectivity index (χ4v) is 1.35. The SMILES string of the molecule is [CH2]Cc1nnnn1-c1cccc(Cl)c1. The molecule has 14 heavy (non-hydrogen) atoms. The molecule has 0 aliphatic carbocycles. The van der Waals surface area contributed by atoms with Crippen LogP contribution in [0.4, 0.5) is 0 Å². The van der Waals surface area contributed by atoms with E-state index in [1.807, 2.05) is 12.1 Å². The number of aromatic nitrogens is 4. The molecule has 0 N–H and O–H groups in total. The maximum absolute atomic E-state index is 5.86. The third kappa shape index (κ3) is 1.61. The largest absolute Gasteiger partial charge is 0.197 e. The summed E-state index contributed by atoms with van der Waals surface area (Å²) < 4.78 is 1.62. The Morgan fingerprint density at radius 3 is 3.00 bits per heavy atom. The molecule has 71 valence electrons. The van der Waals surface area contributed by atoms with E-state index in [0.717, 1.165) is 5.69 Å². The average molecular weight is 208 g/mol. The average Bonchev–Trinajstić information content (AvgIpc) is 2.65. The van der Waals surface area contributed by atoms with Crippen molar-refractivity contribution in [2.45, 2.75) is 6.42 Å². The Bertz CT molecular complexity index is 438. The van der Waals surface area contributed by atoms with Crippen LogP contribution in [0.2, 0.25) is 5.02 Å². The Labute approximate surface area is 86.5 Å². The molecule has 2 aromatic rings. The first-order valence-corrected chi connectivity index (χ1v) is 4.51. The van der Waals surface area contributed by atoms with Gasteiger partial charge in [-0.1, -0.05) is 17.7 Å². The second kappa shape index (κ2) is 3.75. The lowest BCUT2D eigenvalue weighted by atomic mass is 10.3. The molecule has 0 unspecified atom stereocenters. The van der Waals surface area contributed by atoms with Crippen LogP contribution >= 0.6 is 11.6 Å². The van der Waals surface area contributed by atoms with Crippen molar-refractivity contribution in [3.8, 4) is 5.69 Å². The van der Waals surface area contributed by atoms with E-state index in [9.17, 15) is 0 Å². The summed E-state index contributed by atoms with van der Waals surface area (Å²) in [7, 11) is 0. The van der Waals surface area contributed by atoms with Crippen LogP contribution in [-0.4, -0.2) is 20.2 Å². The molecule has 0 saturated heterocycles. The first kappa shape index (κ1) is 9.15. The van der Waals surface area contributed by atoms with Gasteiger partial charge in [-0.15, -0.1) is 5.10 Å². The quantitative estimate of drug-likeness (QED) is 0.753. The van der Waals surface area contributed by atoms with Gasteiger partial charge in [0.1, 0.15) is 0 Å². The molecule has 0 saturated carbocycles. The smallest absolute Gasteiger partial charge is 0.156 e.